The Balaban J connectivity index is 1.13. The van der Waals surface area contributed by atoms with Crippen LogP contribution in [0.4, 0.5) is 14.6 Å². The molecule has 4 N–H and O–H groups in total. The maximum absolute atomic E-state index is 14.0. The average molecular weight is 600 g/mol. The van der Waals surface area contributed by atoms with Crippen molar-refractivity contribution in [3.8, 4) is 17.3 Å². The number of aryl methyl sites for hydroxylation is 1. The number of H-pyrrole nitrogens is 1. The van der Waals surface area contributed by atoms with Crippen molar-refractivity contribution in [3.05, 3.63) is 94.4 Å². The van der Waals surface area contributed by atoms with Crippen LogP contribution < -0.4 is 10.5 Å². The van der Waals surface area contributed by atoms with Crippen molar-refractivity contribution in [1.82, 2.24) is 29.5 Å². The van der Waals surface area contributed by atoms with Crippen LogP contribution in [0.3, 0.4) is 0 Å². The first-order valence-electron chi connectivity index (χ1n) is 14.3. The first kappa shape index (κ1) is 28.1. The molecule has 0 aliphatic carbocycles. The third-order valence-corrected chi connectivity index (χ3v) is 8.45. The summed E-state index contributed by atoms with van der Waals surface area (Å²) < 4.78 is 34.8. The second kappa shape index (κ2) is 10.5. The number of halogens is 2. The van der Waals surface area contributed by atoms with Crippen LogP contribution >= 0.6 is 0 Å². The summed E-state index contributed by atoms with van der Waals surface area (Å²) in [7, 11) is 2.00. The van der Waals surface area contributed by atoms with E-state index in [2.05, 4.69) is 30.9 Å². The van der Waals surface area contributed by atoms with Crippen molar-refractivity contribution in [2.24, 2.45) is 0 Å². The van der Waals surface area contributed by atoms with Gasteiger partial charge in [0.1, 0.15) is 11.4 Å². The fourth-order valence-electron chi connectivity index (χ4n) is 6.40. The highest BCUT2D eigenvalue weighted by Crippen LogP contribution is 2.32. The Morgan fingerprint density at radius 2 is 1.93 bits per heavy atom. The molecule has 7 rings (SSSR count). The van der Waals surface area contributed by atoms with Gasteiger partial charge in [-0.15, -0.1) is 0 Å². The molecule has 5 aromatic rings. The van der Waals surface area contributed by atoms with E-state index < -0.39 is 23.0 Å². The molecule has 0 unspecified atom stereocenters. The van der Waals surface area contributed by atoms with E-state index >= 15 is 0 Å². The maximum Gasteiger partial charge on any atom is 0.219 e. The smallest absolute Gasteiger partial charge is 0.219 e. The fraction of sp³-hybridized carbons (Fsp3) is 0.281. The number of likely N-dealkylation sites (N-methyl/N-ethyl adjacent to an activating group) is 1. The molecule has 0 saturated carbocycles. The standard InChI is InChI=1S/C32H31F2N7O3/c1-18-10-28(44-30-23(33)4-3-5-24(30)34)36-13-27(18)41-31(35)21(12-37-41)29(42)26-11-20-22-14-40(17-32(43)15-39(2)16-32)9-8-19(22)6-7-25(20)38-26/h3-7,10-13,38,43H,8-9,14-17,35H2,1-2H3. The van der Waals surface area contributed by atoms with Crippen molar-refractivity contribution < 1.29 is 23.4 Å². The number of nitrogens with zero attached hydrogens (tertiary/aromatic N) is 5. The van der Waals surface area contributed by atoms with Crippen LogP contribution in [-0.4, -0.2) is 79.3 Å². The van der Waals surface area contributed by atoms with Crippen LogP contribution in [0.25, 0.3) is 16.6 Å². The number of benzene rings is 2. The van der Waals surface area contributed by atoms with Crippen molar-refractivity contribution in [2.75, 3.05) is 39.0 Å². The van der Waals surface area contributed by atoms with E-state index in [0.29, 0.717) is 43.1 Å². The zero-order chi connectivity index (χ0) is 30.7. The summed E-state index contributed by atoms with van der Waals surface area (Å²) in [6.07, 6.45) is 3.70. The number of aromatic nitrogens is 4. The molecule has 0 radical (unpaired) electrons. The minimum atomic E-state index is -0.844. The lowest BCUT2D eigenvalue weighted by Gasteiger charge is -2.47. The van der Waals surface area contributed by atoms with Gasteiger partial charge in [-0.1, -0.05) is 12.1 Å². The molecular weight excluding hydrogens is 568 g/mol. The van der Waals surface area contributed by atoms with Crippen LogP contribution in [0.5, 0.6) is 11.6 Å². The molecule has 1 saturated heterocycles. The number of hydrogen-bond donors (Lipinski definition) is 3. The molecule has 2 aliphatic rings. The molecule has 0 spiro atoms. The van der Waals surface area contributed by atoms with Crippen molar-refractivity contribution in [1.29, 1.82) is 0 Å². The lowest BCUT2D eigenvalue weighted by Crippen LogP contribution is -2.65. The van der Waals surface area contributed by atoms with Gasteiger partial charge in [-0.25, -0.2) is 18.4 Å². The summed E-state index contributed by atoms with van der Waals surface area (Å²) >= 11 is 0. The second-order valence-electron chi connectivity index (χ2n) is 11.9. The fourth-order valence-corrected chi connectivity index (χ4v) is 6.40. The summed E-state index contributed by atoms with van der Waals surface area (Å²) in [5.41, 5.74) is 10.7. The molecule has 0 bridgehead atoms. The van der Waals surface area contributed by atoms with Gasteiger partial charge in [-0.3, -0.25) is 9.69 Å². The van der Waals surface area contributed by atoms with Crippen molar-refractivity contribution in [3.63, 3.8) is 0 Å². The van der Waals surface area contributed by atoms with Gasteiger partial charge in [0.2, 0.25) is 17.4 Å². The molecule has 12 heteroatoms. The number of carbonyl (C=O) groups is 1. The number of nitrogens with one attached hydrogen (secondary N) is 1. The van der Waals surface area contributed by atoms with Crippen LogP contribution in [-0.2, 0) is 13.0 Å². The van der Waals surface area contributed by atoms with Gasteiger partial charge in [-0.05, 0) is 61.3 Å². The largest absolute Gasteiger partial charge is 0.433 e. The number of anilines is 1. The topological polar surface area (TPSA) is 126 Å². The third kappa shape index (κ3) is 4.90. The Labute approximate surface area is 251 Å². The molecule has 0 amide bonds. The van der Waals surface area contributed by atoms with E-state index in [-0.39, 0.29) is 23.0 Å². The summed E-state index contributed by atoms with van der Waals surface area (Å²) in [6.45, 7) is 5.26. The minimum Gasteiger partial charge on any atom is -0.433 e. The van der Waals surface area contributed by atoms with Gasteiger partial charge < -0.3 is 25.5 Å². The van der Waals surface area contributed by atoms with Gasteiger partial charge in [0.05, 0.1) is 29.3 Å². The molecule has 5 heterocycles. The number of aromatic amines is 1. The Morgan fingerprint density at radius 1 is 1.16 bits per heavy atom. The SMILES string of the molecule is Cc1cc(Oc2c(F)cccc2F)ncc1-n1ncc(C(=O)c2cc3c4c(ccc3[nH]2)CCN(CC2(O)CN(C)C2)C4)c1N. The molecule has 10 nitrogen and oxygen atoms in total. The number of ketones is 1. The highest BCUT2D eigenvalue weighted by atomic mass is 19.1. The Hall–Kier alpha value is -4.65. The van der Waals surface area contributed by atoms with E-state index in [0.717, 1.165) is 41.6 Å². The van der Waals surface area contributed by atoms with E-state index in [1.807, 2.05) is 19.2 Å². The molecule has 2 aliphatic heterocycles. The number of carbonyl (C=O) groups excluding carboxylic acids is 1. The molecule has 1 fully saturated rings. The molecule has 226 valence electrons. The van der Waals surface area contributed by atoms with Gasteiger partial charge in [0.15, 0.2) is 11.6 Å². The van der Waals surface area contributed by atoms with Gasteiger partial charge >= 0.3 is 0 Å². The quantitative estimate of drug-likeness (QED) is 0.240. The number of hydrogen-bond acceptors (Lipinski definition) is 8. The van der Waals surface area contributed by atoms with E-state index in [4.69, 9.17) is 10.5 Å². The van der Waals surface area contributed by atoms with Gasteiger partial charge in [0, 0.05) is 49.7 Å². The number of likely N-dealkylation sites (tertiary alicyclic amines) is 1. The summed E-state index contributed by atoms with van der Waals surface area (Å²) in [4.78, 5) is 25.5. The number of nitrogens with two attached hydrogens (primary N) is 1. The molecule has 3 aromatic heterocycles. The van der Waals surface area contributed by atoms with Crippen LogP contribution in [0.15, 0.2) is 54.9 Å². The molecule has 44 heavy (non-hydrogen) atoms. The molecular formula is C32H31F2N7O3. The highest BCUT2D eigenvalue weighted by Gasteiger charge is 2.40. The zero-order valence-corrected chi connectivity index (χ0v) is 24.3. The Bertz CT molecular complexity index is 1910. The third-order valence-electron chi connectivity index (χ3n) is 8.45. The Morgan fingerprint density at radius 3 is 2.66 bits per heavy atom. The maximum atomic E-state index is 14.0. The number of aliphatic hydroxyl groups is 1. The monoisotopic (exact) mass is 599 g/mol. The first-order valence-corrected chi connectivity index (χ1v) is 14.3. The number of ether oxygens (including phenoxy) is 1. The number of β-amino-alcohol motifs (C(OH)–C–C–N with tert-alkyl or cyclic N) is 1. The average Bonchev–Trinajstić information content (AvgIpc) is 3.58. The molecule has 2 aromatic carbocycles. The normalized spacial score (nSPS) is 16.6. The predicted molar refractivity (Wildman–Crippen MR) is 160 cm³/mol. The molecule has 0 atom stereocenters. The van der Waals surface area contributed by atoms with Gasteiger partial charge in [0.25, 0.3) is 0 Å². The van der Waals surface area contributed by atoms with E-state index in [9.17, 15) is 18.7 Å². The van der Waals surface area contributed by atoms with Gasteiger partial charge in [-0.2, -0.15) is 5.10 Å². The highest BCUT2D eigenvalue weighted by molar-refractivity contribution is 6.12. The number of nitrogen functional groups attached to an aromatic ring is 1. The van der Waals surface area contributed by atoms with E-state index in [1.54, 1.807) is 6.92 Å². The van der Waals surface area contributed by atoms with Crippen LogP contribution in [0, 0.1) is 18.6 Å². The lowest BCUT2D eigenvalue weighted by molar-refractivity contribution is -0.105. The summed E-state index contributed by atoms with van der Waals surface area (Å²) in [6, 6.07) is 10.9. The first-order chi connectivity index (χ1) is 21.1. The van der Waals surface area contributed by atoms with E-state index in [1.165, 1.54) is 34.8 Å². The second-order valence-corrected chi connectivity index (χ2v) is 11.9. The number of pyridine rings is 1. The summed E-state index contributed by atoms with van der Waals surface area (Å²) in [5, 5.41) is 16.1. The lowest BCUT2D eigenvalue weighted by atomic mass is 9.91. The number of para-hydroxylation sites is 1. The van der Waals surface area contributed by atoms with Crippen molar-refractivity contribution >= 4 is 22.5 Å². The zero-order valence-electron chi connectivity index (χ0n) is 24.3. The number of rotatable bonds is 7. The Kier molecular flexibility index (Phi) is 6.72. The predicted octanol–water partition coefficient (Wildman–Crippen LogP) is 3.98. The van der Waals surface area contributed by atoms with Crippen molar-refractivity contribution in [2.45, 2.75) is 25.5 Å². The summed E-state index contributed by atoms with van der Waals surface area (Å²) in [5.74, 6) is -2.43. The minimum absolute atomic E-state index is 0.00793. The van der Waals surface area contributed by atoms with Crippen LogP contribution in [0.2, 0.25) is 0 Å². The number of fused-ring (bicyclic) bond motifs is 3. The van der Waals surface area contributed by atoms with Crippen LogP contribution in [0.1, 0.15) is 32.7 Å².